The number of nitrogens with two attached hydrogens (primary N) is 1. The average molecular weight is 265 g/mol. The summed E-state index contributed by atoms with van der Waals surface area (Å²) in [5.41, 5.74) is 9.12. The first-order valence-corrected chi connectivity index (χ1v) is 7.77. The van der Waals surface area contributed by atoms with E-state index in [0.717, 1.165) is 24.5 Å². The Balaban J connectivity index is 2.07. The fourth-order valence-electron chi connectivity index (χ4n) is 4.07. The molecule has 0 aromatic carbocycles. The number of nitrogens with zero attached hydrogens (tertiary/aromatic N) is 1. The van der Waals surface area contributed by atoms with Crippen LogP contribution in [0.25, 0.3) is 0 Å². The van der Waals surface area contributed by atoms with E-state index in [9.17, 15) is 4.79 Å². The molecule has 108 valence electrons. The Kier molecular flexibility index (Phi) is 4.83. The van der Waals surface area contributed by atoms with E-state index in [1.54, 1.807) is 0 Å². The molecule has 0 aromatic rings. The molecule has 0 spiro atoms. The molecule has 0 aromatic heterocycles. The predicted octanol–water partition coefficient (Wildman–Crippen LogP) is 3.56. The van der Waals surface area contributed by atoms with Crippen molar-refractivity contribution in [2.45, 2.75) is 71.1 Å². The summed E-state index contributed by atoms with van der Waals surface area (Å²) in [7, 11) is 0. The van der Waals surface area contributed by atoms with E-state index < -0.39 is 6.03 Å². The number of carbonyl (C=O) groups excluding carboxylic acids is 1. The van der Waals surface area contributed by atoms with Gasteiger partial charge >= 0.3 is 6.03 Å². The molecule has 0 saturated heterocycles. The molecule has 4 heteroatoms. The van der Waals surface area contributed by atoms with Gasteiger partial charge in [-0.15, -0.1) is 0 Å². The van der Waals surface area contributed by atoms with Crippen LogP contribution in [0.15, 0.2) is 5.10 Å². The van der Waals surface area contributed by atoms with Crippen LogP contribution < -0.4 is 11.2 Å². The Morgan fingerprint density at radius 3 is 3.05 bits per heavy atom. The van der Waals surface area contributed by atoms with Crippen molar-refractivity contribution in [2.75, 3.05) is 0 Å². The number of amides is 2. The monoisotopic (exact) mass is 265 g/mol. The maximum atomic E-state index is 10.8. The van der Waals surface area contributed by atoms with Crippen LogP contribution in [-0.2, 0) is 0 Å². The number of nitrogens with one attached hydrogen (secondary N) is 1. The van der Waals surface area contributed by atoms with E-state index >= 15 is 0 Å². The molecule has 3 N–H and O–H groups in total. The Morgan fingerprint density at radius 2 is 2.32 bits per heavy atom. The largest absolute Gasteiger partial charge is 0.350 e. The van der Waals surface area contributed by atoms with Crippen molar-refractivity contribution in [1.82, 2.24) is 5.43 Å². The van der Waals surface area contributed by atoms with Crippen LogP contribution in [-0.4, -0.2) is 11.7 Å². The van der Waals surface area contributed by atoms with Gasteiger partial charge in [0.25, 0.3) is 0 Å². The lowest BCUT2D eigenvalue weighted by Crippen LogP contribution is -2.40. The van der Waals surface area contributed by atoms with Gasteiger partial charge in [0, 0.05) is 5.71 Å². The zero-order valence-corrected chi connectivity index (χ0v) is 12.1. The van der Waals surface area contributed by atoms with Crippen LogP contribution in [0.3, 0.4) is 0 Å². The maximum absolute atomic E-state index is 10.8. The van der Waals surface area contributed by atoms with Crippen LogP contribution in [0.1, 0.15) is 71.1 Å². The van der Waals surface area contributed by atoms with E-state index in [0.29, 0.717) is 5.41 Å². The molecule has 2 fully saturated rings. The summed E-state index contributed by atoms with van der Waals surface area (Å²) in [6.07, 6.45) is 12.7. The third-order valence-electron chi connectivity index (χ3n) is 5.03. The molecule has 0 radical (unpaired) electrons. The Labute approximate surface area is 116 Å². The minimum Gasteiger partial charge on any atom is -0.350 e. The van der Waals surface area contributed by atoms with Gasteiger partial charge in [0.15, 0.2) is 0 Å². The van der Waals surface area contributed by atoms with Crippen LogP contribution in [0.4, 0.5) is 4.79 Å². The second-order valence-corrected chi connectivity index (χ2v) is 6.28. The van der Waals surface area contributed by atoms with Gasteiger partial charge in [0.05, 0.1) is 0 Å². The molecule has 2 aliphatic carbocycles. The van der Waals surface area contributed by atoms with Gasteiger partial charge in [-0.1, -0.05) is 32.6 Å². The molecule has 2 atom stereocenters. The topological polar surface area (TPSA) is 67.5 Å². The van der Waals surface area contributed by atoms with E-state index in [-0.39, 0.29) is 0 Å². The van der Waals surface area contributed by atoms with E-state index in [2.05, 4.69) is 17.5 Å². The molecular weight excluding hydrogens is 238 g/mol. The number of hydrazone groups is 1. The third-order valence-corrected chi connectivity index (χ3v) is 5.03. The number of carbonyl (C=O) groups is 1. The molecule has 2 saturated carbocycles. The molecule has 0 heterocycles. The predicted molar refractivity (Wildman–Crippen MR) is 77.9 cm³/mol. The summed E-state index contributed by atoms with van der Waals surface area (Å²) in [5, 5.41) is 4.22. The number of hydrogen-bond acceptors (Lipinski definition) is 2. The second kappa shape index (κ2) is 6.40. The van der Waals surface area contributed by atoms with Crippen LogP contribution in [0.2, 0.25) is 0 Å². The molecular formula is C15H27N3O. The lowest BCUT2D eigenvalue weighted by atomic mass is 9.57. The van der Waals surface area contributed by atoms with E-state index in [4.69, 9.17) is 5.73 Å². The SMILES string of the molecule is CCCC[C@]12CCCC[C@H]1CC/C(=N\NC(N)=O)C2. The number of unbranched alkanes of at least 4 members (excludes halogenated alkanes) is 1. The zero-order chi connectivity index (χ0) is 13.7. The lowest BCUT2D eigenvalue weighted by Gasteiger charge is -2.48. The first kappa shape index (κ1) is 14.4. The van der Waals surface area contributed by atoms with Gasteiger partial charge < -0.3 is 5.73 Å². The van der Waals surface area contributed by atoms with Crippen molar-refractivity contribution in [3.05, 3.63) is 0 Å². The van der Waals surface area contributed by atoms with Gasteiger partial charge in [-0.2, -0.15) is 5.10 Å². The quantitative estimate of drug-likeness (QED) is 0.750. The third kappa shape index (κ3) is 3.48. The minimum atomic E-state index is -0.555. The van der Waals surface area contributed by atoms with Gasteiger partial charge in [-0.3, -0.25) is 0 Å². The number of hydrogen-bond donors (Lipinski definition) is 2. The van der Waals surface area contributed by atoms with Crippen molar-refractivity contribution in [3.63, 3.8) is 0 Å². The van der Waals surface area contributed by atoms with Gasteiger partial charge in [0.2, 0.25) is 0 Å². The molecule has 4 nitrogen and oxygen atoms in total. The van der Waals surface area contributed by atoms with Crippen molar-refractivity contribution in [3.8, 4) is 0 Å². The number of fused-ring (bicyclic) bond motifs is 1. The van der Waals surface area contributed by atoms with Crippen molar-refractivity contribution < 1.29 is 4.79 Å². The van der Waals surface area contributed by atoms with Crippen LogP contribution in [0, 0.1) is 11.3 Å². The highest BCUT2D eigenvalue weighted by molar-refractivity contribution is 5.87. The fraction of sp³-hybridized carbons (Fsp3) is 0.867. The average Bonchev–Trinajstić information content (AvgIpc) is 2.42. The number of primary amides is 1. The van der Waals surface area contributed by atoms with Gasteiger partial charge in [-0.05, 0) is 49.9 Å². The molecule has 0 unspecified atom stereocenters. The molecule has 2 rings (SSSR count). The van der Waals surface area contributed by atoms with Crippen molar-refractivity contribution >= 4 is 11.7 Å². The first-order valence-electron chi connectivity index (χ1n) is 7.77. The van der Waals surface area contributed by atoms with Crippen molar-refractivity contribution in [1.29, 1.82) is 0 Å². The Morgan fingerprint density at radius 1 is 1.47 bits per heavy atom. The second-order valence-electron chi connectivity index (χ2n) is 6.28. The molecule has 2 amide bonds. The molecule has 0 bridgehead atoms. The van der Waals surface area contributed by atoms with Gasteiger partial charge in [0.1, 0.15) is 0 Å². The van der Waals surface area contributed by atoms with Crippen molar-refractivity contribution in [2.24, 2.45) is 22.2 Å². The summed E-state index contributed by atoms with van der Waals surface area (Å²) in [4.78, 5) is 10.8. The van der Waals surface area contributed by atoms with Crippen LogP contribution >= 0.6 is 0 Å². The fourth-order valence-corrected chi connectivity index (χ4v) is 4.07. The minimum absolute atomic E-state index is 0.463. The molecule has 2 aliphatic rings. The van der Waals surface area contributed by atoms with Crippen LogP contribution in [0.5, 0.6) is 0 Å². The lowest BCUT2D eigenvalue weighted by molar-refractivity contribution is 0.0701. The summed E-state index contributed by atoms with van der Waals surface area (Å²) in [5.74, 6) is 0.875. The maximum Gasteiger partial charge on any atom is 0.332 e. The molecule has 0 aliphatic heterocycles. The highest BCUT2D eigenvalue weighted by Crippen LogP contribution is 2.52. The Bertz CT molecular complexity index is 353. The van der Waals surface area contributed by atoms with E-state index in [1.165, 1.54) is 51.4 Å². The summed E-state index contributed by atoms with van der Waals surface area (Å²) in [6.45, 7) is 2.26. The van der Waals surface area contributed by atoms with Gasteiger partial charge in [-0.25, -0.2) is 10.2 Å². The normalized spacial score (nSPS) is 32.9. The summed E-state index contributed by atoms with van der Waals surface area (Å²) < 4.78 is 0. The molecule has 19 heavy (non-hydrogen) atoms. The smallest absolute Gasteiger partial charge is 0.332 e. The Hall–Kier alpha value is -1.06. The summed E-state index contributed by atoms with van der Waals surface area (Å²) in [6, 6.07) is -0.555. The number of rotatable bonds is 4. The number of urea groups is 1. The first-order chi connectivity index (χ1) is 9.16. The van der Waals surface area contributed by atoms with E-state index in [1.807, 2.05) is 0 Å². The zero-order valence-electron chi connectivity index (χ0n) is 12.1. The standard InChI is InChI=1S/C15H27N3O/c1-2-3-9-15-10-5-4-6-12(15)7-8-13(11-15)17-18-14(16)19/h12H,2-11H2,1H3,(H3,16,18,19)/b17-13+/t12-,15+/m0/s1. The highest BCUT2D eigenvalue weighted by atomic mass is 16.2. The highest BCUT2D eigenvalue weighted by Gasteiger charge is 2.43. The summed E-state index contributed by atoms with van der Waals surface area (Å²) >= 11 is 0.